The summed E-state index contributed by atoms with van der Waals surface area (Å²) in [5, 5.41) is 22.4. The van der Waals surface area contributed by atoms with Crippen LogP contribution in [0.4, 0.5) is 11.6 Å². The van der Waals surface area contributed by atoms with Crippen LogP contribution in [0.1, 0.15) is 16.8 Å². The number of hydrazone groups is 1. The molecule has 0 aliphatic carbocycles. The predicted molar refractivity (Wildman–Crippen MR) is 117 cm³/mol. The number of methoxy groups -OCH3 is 1. The molecule has 0 bridgehead atoms. The summed E-state index contributed by atoms with van der Waals surface area (Å²) in [7, 11) is -3.05. The Morgan fingerprint density at radius 1 is 1.15 bits per heavy atom. The van der Waals surface area contributed by atoms with E-state index in [2.05, 4.69) is 25.7 Å². The Hall–Kier alpha value is -4.33. The lowest BCUT2D eigenvalue weighted by atomic mass is 10.2. The van der Waals surface area contributed by atoms with Crippen molar-refractivity contribution in [3.8, 4) is 11.5 Å². The summed E-state index contributed by atoms with van der Waals surface area (Å²) in [6.07, 6.45) is 1.37. The largest absolute Gasteiger partial charge is 0.493 e. The first-order valence-electron chi connectivity index (χ1n) is 9.21. The minimum Gasteiger partial charge on any atom is -0.493 e. The number of ether oxygens (including phenoxy) is 1. The Balaban J connectivity index is 1.80. The number of nitrogens with zero attached hydrogens (tertiary/aromatic N) is 4. The van der Waals surface area contributed by atoms with Crippen molar-refractivity contribution in [2.24, 2.45) is 5.10 Å². The predicted octanol–water partition coefficient (Wildman–Crippen LogP) is 1.91. The van der Waals surface area contributed by atoms with Gasteiger partial charge in [-0.3, -0.25) is 19.9 Å². The first-order chi connectivity index (χ1) is 15.6. The van der Waals surface area contributed by atoms with Gasteiger partial charge in [0.2, 0.25) is 5.95 Å². The first kappa shape index (κ1) is 23.3. The Labute approximate surface area is 187 Å². The van der Waals surface area contributed by atoms with Gasteiger partial charge in [0, 0.05) is 11.6 Å². The Morgan fingerprint density at radius 3 is 2.58 bits per heavy atom. The van der Waals surface area contributed by atoms with Gasteiger partial charge >= 0.3 is 10.1 Å². The maximum atomic E-state index is 12.6. The van der Waals surface area contributed by atoms with Gasteiger partial charge < -0.3 is 8.92 Å². The first-order valence-corrected chi connectivity index (χ1v) is 10.6. The maximum absolute atomic E-state index is 12.6. The van der Waals surface area contributed by atoms with Crippen LogP contribution < -0.4 is 19.9 Å². The second kappa shape index (κ2) is 9.44. The molecule has 1 aromatic heterocycles. The van der Waals surface area contributed by atoms with E-state index in [0.717, 1.165) is 6.07 Å². The monoisotopic (exact) mass is 474 g/mol. The highest BCUT2D eigenvalue weighted by Crippen LogP contribution is 2.31. The molecule has 0 fully saturated rings. The standard InChI is InChI=1S/C19H18N6O7S/c1-11-4-6-14(9-15(11)25(27)28)33(29,30)32-16-7-5-13(8-17(16)31-3)10-20-23-19-21-18(26)12(2)22-24-19/h4-10H,1-3H3,(H2,21,23,24,26)/b20-10+. The highest BCUT2D eigenvalue weighted by atomic mass is 32.2. The third kappa shape index (κ3) is 5.48. The number of hydrogen-bond acceptors (Lipinski definition) is 11. The lowest BCUT2D eigenvalue weighted by molar-refractivity contribution is -0.385. The van der Waals surface area contributed by atoms with Crippen LogP contribution in [0.5, 0.6) is 11.5 Å². The summed E-state index contributed by atoms with van der Waals surface area (Å²) >= 11 is 0. The number of rotatable bonds is 8. The van der Waals surface area contributed by atoms with Gasteiger partial charge in [0.15, 0.2) is 11.5 Å². The molecule has 1 heterocycles. The minimum absolute atomic E-state index is 0.0343. The maximum Gasteiger partial charge on any atom is 0.339 e. The normalized spacial score (nSPS) is 11.4. The molecule has 0 saturated heterocycles. The number of hydrogen-bond donors (Lipinski definition) is 2. The number of nitro benzene ring substituents is 1. The number of nitro groups is 1. The second-order valence-corrected chi connectivity index (χ2v) is 8.16. The van der Waals surface area contributed by atoms with Gasteiger partial charge in [-0.15, -0.1) is 10.2 Å². The van der Waals surface area contributed by atoms with Crippen molar-refractivity contribution in [3.05, 3.63) is 73.7 Å². The summed E-state index contributed by atoms with van der Waals surface area (Å²) < 4.78 is 35.6. The fraction of sp³-hybridized carbons (Fsp3) is 0.158. The summed E-state index contributed by atoms with van der Waals surface area (Å²) in [5.74, 6) is -0.0145. The second-order valence-electron chi connectivity index (χ2n) is 6.61. The minimum atomic E-state index is -4.37. The van der Waals surface area contributed by atoms with E-state index in [0.29, 0.717) is 11.1 Å². The van der Waals surface area contributed by atoms with Crippen molar-refractivity contribution in [1.82, 2.24) is 15.2 Å². The Bertz CT molecular complexity index is 1400. The average Bonchev–Trinajstić information content (AvgIpc) is 2.77. The molecule has 0 radical (unpaired) electrons. The number of aryl methyl sites for hydroxylation is 2. The third-order valence-electron chi connectivity index (χ3n) is 4.30. The summed E-state index contributed by atoms with van der Waals surface area (Å²) in [4.78, 5) is 24.0. The molecule has 0 saturated carbocycles. The molecule has 3 aromatic rings. The van der Waals surface area contributed by atoms with E-state index >= 15 is 0 Å². The molecule has 0 amide bonds. The lowest BCUT2D eigenvalue weighted by Gasteiger charge is -2.11. The van der Waals surface area contributed by atoms with Gasteiger partial charge in [0.1, 0.15) is 10.6 Å². The number of aromatic amines is 1. The summed E-state index contributed by atoms with van der Waals surface area (Å²) in [5.41, 5.74) is 2.78. The number of H-pyrrole nitrogens is 1. The Morgan fingerprint density at radius 2 is 1.91 bits per heavy atom. The molecule has 2 aromatic carbocycles. The molecule has 2 N–H and O–H groups in total. The summed E-state index contributed by atoms with van der Waals surface area (Å²) in [6, 6.07) is 7.77. The zero-order valence-electron chi connectivity index (χ0n) is 17.6. The average molecular weight is 474 g/mol. The van der Waals surface area contributed by atoms with Crippen molar-refractivity contribution in [3.63, 3.8) is 0 Å². The SMILES string of the molecule is COc1cc(/C=N/Nc2nnc(C)c(=O)[nH]2)ccc1OS(=O)(=O)c1ccc(C)c([N+](=O)[O-])c1. The van der Waals surface area contributed by atoms with Gasteiger partial charge in [-0.05, 0) is 43.7 Å². The fourth-order valence-electron chi connectivity index (χ4n) is 2.55. The molecule has 0 unspecified atom stereocenters. The molecule has 172 valence electrons. The molecule has 14 heteroatoms. The fourth-order valence-corrected chi connectivity index (χ4v) is 3.51. The topological polar surface area (TPSA) is 179 Å². The van der Waals surface area contributed by atoms with Gasteiger partial charge in [-0.1, -0.05) is 6.07 Å². The number of nitrogens with one attached hydrogen (secondary N) is 2. The molecular formula is C19H18N6O7S. The van der Waals surface area contributed by atoms with Gasteiger partial charge in [-0.2, -0.15) is 13.5 Å². The Kier molecular flexibility index (Phi) is 6.67. The zero-order chi connectivity index (χ0) is 24.2. The zero-order valence-corrected chi connectivity index (χ0v) is 18.4. The molecular weight excluding hydrogens is 456 g/mol. The van der Waals surface area contributed by atoms with Crippen LogP contribution in [0.3, 0.4) is 0 Å². The van der Waals surface area contributed by atoms with Crippen LogP contribution in [-0.2, 0) is 10.1 Å². The quantitative estimate of drug-likeness (QED) is 0.212. The molecule has 0 spiro atoms. The van der Waals surface area contributed by atoms with Crippen molar-refractivity contribution < 1.29 is 22.3 Å². The van der Waals surface area contributed by atoms with Crippen LogP contribution in [0.2, 0.25) is 0 Å². The molecule has 0 atom stereocenters. The highest BCUT2D eigenvalue weighted by Gasteiger charge is 2.23. The van der Waals surface area contributed by atoms with Crippen LogP contribution >= 0.6 is 0 Å². The van der Waals surface area contributed by atoms with E-state index in [9.17, 15) is 23.3 Å². The number of anilines is 1. The molecule has 33 heavy (non-hydrogen) atoms. The van der Waals surface area contributed by atoms with Gasteiger partial charge in [0.05, 0.1) is 18.2 Å². The van der Waals surface area contributed by atoms with E-state index in [1.807, 2.05) is 0 Å². The summed E-state index contributed by atoms with van der Waals surface area (Å²) in [6.45, 7) is 3.01. The van der Waals surface area contributed by atoms with Crippen molar-refractivity contribution in [2.75, 3.05) is 12.5 Å². The van der Waals surface area contributed by atoms with E-state index in [4.69, 9.17) is 8.92 Å². The third-order valence-corrected chi connectivity index (χ3v) is 5.53. The lowest BCUT2D eigenvalue weighted by Crippen LogP contribution is -2.15. The smallest absolute Gasteiger partial charge is 0.339 e. The number of benzene rings is 2. The van der Waals surface area contributed by atoms with Crippen molar-refractivity contribution in [1.29, 1.82) is 0 Å². The van der Waals surface area contributed by atoms with Crippen LogP contribution in [0.15, 0.2) is 51.2 Å². The molecule has 0 aliphatic rings. The van der Waals surface area contributed by atoms with Gasteiger partial charge in [0.25, 0.3) is 11.2 Å². The molecule has 3 rings (SSSR count). The van der Waals surface area contributed by atoms with E-state index in [-0.39, 0.29) is 33.7 Å². The van der Waals surface area contributed by atoms with Crippen molar-refractivity contribution >= 4 is 28.0 Å². The molecule has 0 aliphatic heterocycles. The van der Waals surface area contributed by atoms with Crippen LogP contribution in [0.25, 0.3) is 0 Å². The van der Waals surface area contributed by atoms with E-state index in [1.54, 1.807) is 0 Å². The highest BCUT2D eigenvalue weighted by molar-refractivity contribution is 7.87. The molecule has 13 nitrogen and oxygen atoms in total. The van der Waals surface area contributed by atoms with E-state index in [1.165, 1.54) is 57.5 Å². The van der Waals surface area contributed by atoms with E-state index < -0.39 is 20.6 Å². The van der Waals surface area contributed by atoms with Gasteiger partial charge in [-0.25, -0.2) is 5.43 Å². The van der Waals surface area contributed by atoms with Crippen LogP contribution in [-0.4, -0.2) is 41.8 Å². The number of aromatic nitrogens is 3. The van der Waals surface area contributed by atoms with Crippen LogP contribution in [0, 0.1) is 24.0 Å². The van der Waals surface area contributed by atoms with Crippen molar-refractivity contribution in [2.45, 2.75) is 18.7 Å².